The van der Waals surface area contributed by atoms with Crippen molar-refractivity contribution in [2.45, 2.75) is 101 Å². The SMILES string of the molecule is CC1(C)O[C@@]23CCC4(C)[C@@]5(C)c6[nH]c7ccccc7c6C[C@@H]5C[C@H](OC(=O)CC(F)(F)F)[C@@]4(O)C2=CC(=O)[C@@H]1O3. The van der Waals surface area contributed by atoms with E-state index in [4.69, 9.17) is 14.2 Å². The molecule has 1 aromatic carbocycles. The number of ketones is 1. The summed E-state index contributed by atoms with van der Waals surface area (Å²) < 4.78 is 57.8. The fourth-order valence-electron chi connectivity index (χ4n) is 8.90. The minimum absolute atomic E-state index is 0.109. The molecule has 214 valence electrons. The predicted molar refractivity (Wildman–Crippen MR) is 136 cm³/mol. The number of carbonyl (C=O) groups excluding carboxylic acids is 2. The van der Waals surface area contributed by atoms with Gasteiger partial charge < -0.3 is 24.3 Å². The fourth-order valence-corrected chi connectivity index (χ4v) is 8.90. The van der Waals surface area contributed by atoms with E-state index >= 15 is 0 Å². The molecule has 0 radical (unpaired) electrons. The summed E-state index contributed by atoms with van der Waals surface area (Å²) in [6.07, 6.45) is -6.02. The van der Waals surface area contributed by atoms with Crippen LogP contribution >= 0.6 is 0 Å². The zero-order chi connectivity index (χ0) is 28.7. The molecule has 3 aliphatic carbocycles. The molecule has 1 spiro atoms. The van der Waals surface area contributed by atoms with Gasteiger partial charge in [-0.2, -0.15) is 13.2 Å². The summed E-state index contributed by atoms with van der Waals surface area (Å²) in [5, 5.41) is 14.1. The average Bonchev–Trinajstić information content (AvgIpc) is 3.43. The number of aromatic amines is 1. The van der Waals surface area contributed by atoms with Crippen LogP contribution in [-0.4, -0.2) is 57.2 Å². The van der Waals surface area contributed by atoms with Crippen LogP contribution in [0.15, 0.2) is 35.9 Å². The van der Waals surface area contributed by atoms with Crippen molar-refractivity contribution >= 4 is 22.7 Å². The molecule has 5 aliphatic rings. The first kappa shape index (κ1) is 26.2. The summed E-state index contributed by atoms with van der Waals surface area (Å²) in [7, 11) is 0. The van der Waals surface area contributed by atoms with E-state index in [2.05, 4.69) is 11.9 Å². The molecule has 40 heavy (non-hydrogen) atoms. The Labute approximate surface area is 229 Å². The van der Waals surface area contributed by atoms with E-state index in [1.54, 1.807) is 13.8 Å². The smallest absolute Gasteiger partial charge is 0.399 e. The summed E-state index contributed by atoms with van der Waals surface area (Å²) >= 11 is 0. The van der Waals surface area contributed by atoms with Crippen LogP contribution in [0.3, 0.4) is 0 Å². The van der Waals surface area contributed by atoms with Crippen LogP contribution in [0, 0.1) is 11.3 Å². The van der Waals surface area contributed by atoms with E-state index < -0.39 is 64.4 Å². The number of fused-ring (bicyclic) bond motifs is 9. The van der Waals surface area contributed by atoms with Gasteiger partial charge in [0.05, 0.1) is 0 Å². The second-order valence-corrected chi connectivity index (χ2v) is 13.1. The highest BCUT2D eigenvalue weighted by Crippen LogP contribution is 2.72. The van der Waals surface area contributed by atoms with E-state index in [0.29, 0.717) is 19.3 Å². The molecule has 1 unspecified atom stereocenters. The molecule has 2 aliphatic heterocycles. The monoisotopic (exact) mass is 559 g/mol. The van der Waals surface area contributed by atoms with Crippen LogP contribution in [0.4, 0.5) is 13.2 Å². The number of rotatable bonds is 2. The Morgan fingerprint density at radius 1 is 1.18 bits per heavy atom. The summed E-state index contributed by atoms with van der Waals surface area (Å²) in [4.78, 5) is 29.6. The van der Waals surface area contributed by atoms with Crippen molar-refractivity contribution in [1.82, 2.24) is 4.98 Å². The fraction of sp³-hybridized carbons (Fsp3) is 0.600. The van der Waals surface area contributed by atoms with Crippen molar-refractivity contribution in [2.75, 3.05) is 0 Å². The number of aliphatic hydroxyl groups is 1. The Bertz CT molecular complexity index is 1510. The highest BCUT2D eigenvalue weighted by Gasteiger charge is 2.78. The molecular weight excluding hydrogens is 527 g/mol. The standard InChI is InChI=1S/C30H32F3NO6/c1-25(2)24-19(35)13-20-28(39-24,40-25)10-9-26(3)27(4)15(11-17-16-7-5-6-8-18(16)34-23(17)27)12-21(30(20,26)37)38-22(36)14-29(31,32)33/h5-8,13,15,21,24,34,37H,9-12,14H2,1-4H3/t15-,21+,24+,26?,27-,28+,30+/m1/s1. The minimum Gasteiger partial charge on any atom is -0.459 e. The summed E-state index contributed by atoms with van der Waals surface area (Å²) in [5.74, 6) is -3.45. The first-order valence-electron chi connectivity index (χ1n) is 13.8. The Balaban J connectivity index is 1.42. The summed E-state index contributed by atoms with van der Waals surface area (Å²) in [5.41, 5.74) is -1.64. The number of hydrogen-bond donors (Lipinski definition) is 2. The lowest BCUT2D eigenvalue weighted by Crippen LogP contribution is -2.75. The highest BCUT2D eigenvalue weighted by atomic mass is 19.4. The van der Waals surface area contributed by atoms with E-state index in [-0.39, 0.29) is 17.9 Å². The number of carbonyl (C=O) groups is 2. The van der Waals surface area contributed by atoms with Crippen molar-refractivity contribution in [2.24, 2.45) is 11.3 Å². The molecule has 2 aromatic rings. The molecule has 7 rings (SSSR count). The van der Waals surface area contributed by atoms with Gasteiger partial charge in [-0.25, -0.2) is 0 Å². The molecular formula is C30H32F3NO6. The second-order valence-electron chi connectivity index (χ2n) is 13.1. The Hall–Kier alpha value is -2.69. The van der Waals surface area contributed by atoms with Crippen molar-refractivity contribution in [3.8, 4) is 0 Å². The number of aromatic nitrogens is 1. The molecule has 3 heterocycles. The normalized spacial score (nSPS) is 41.1. The highest BCUT2D eigenvalue weighted by molar-refractivity contribution is 5.97. The van der Waals surface area contributed by atoms with Crippen LogP contribution in [-0.2, 0) is 35.6 Å². The van der Waals surface area contributed by atoms with Gasteiger partial charge >= 0.3 is 12.1 Å². The number of H-pyrrole nitrogens is 1. The minimum atomic E-state index is -4.77. The third-order valence-corrected chi connectivity index (χ3v) is 10.9. The second kappa shape index (κ2) is 7.57. The van der Waals surface area contributed by atoms with Crippen molar-refractivity contribution in [3.05, 3.63) is 47.2 Å². The molecule has 2 bridgehead atoms. The van der Waals surface area contributed by atoms with E-state index in [1.165, 1.54) is 6.08 Å². The van der Waals surface area contributed by atoms with Gasteiger partial charge in [0.2, 0.25) is 0 Å². The maximum absolute atomic E-state index is 13.3. The number of hydrogen-bond acceptors (Lipinski definition) is 6. The molecule has 10 heteroatoms. The van der Waals surface area contributed by atoms with Gasteiger partial charge in [0.25, 0.3) is 0 Å². The Kier molecular flexibility index (Phi) is 4.97. The quantitative estimate of drug-likeness (QED) is 0.514. The maximum atomic E-state index is 13.3. The van der Waals surface area contributed by atoms with E-state index in [9.17, 15) is 27.9 Å². The molecule has 7 atom stereocenters. The number of alkyl halides is 3. The first-order valence-corrected chi connectivity index (χ1v) is 13.8. The lowest BCUT2D eigenvalue weighted by atomic mass is 9.41. The Morgan fingerprint density at radius 3 is 2.62 bits per heavy atom. The van der Waals surface area contributed by atoms with Crippen LogP contribution in [0.1, 0.15) is 64.6 Å². The van der Waals surface area contributed by atoms with Crippen molar-refractivity contribution in [3.63, 3.8) is 0 Å². The molecule has 3 fully saturated rings. The van der Waals surface area contributed by atoms with Gasteiger partial charge in [0, 0.05) is 39.4 Å². The lowest BCUT2D eigenvalue weighted by molar-refractivity contribution is -0.278. The number of esters is 1. The van der Waals surface area contributed by atoms with E-state index in [0.717, 1.165) is 22.2 Å². The Morgan fingerprint density at radius 2 is 1.90 bits per heavy atom. The van der Waals surface area contributed by atoms with Gasteiger partial charge in [-0.05, 0) is 56.7 Å². The van der Waals surface area contributed by atoms with Gasteiger partial charge in [-0.3, -0.25) is 9.59 Å². The zero-order valence-corrected chi connectivity index (χ0v) is 22.8. The van der Waals surface area contributed by atoms with Gasteiger partial charge in [-0.15, -0.1) is 0 Å². The number of benzene rings is 1. The summed E-state index contributed by atoms with van der Waals surface area (Å²) in [6.45, 7) is 7.45. The van der Waals surface area contributed by atoms with Crippen molar-refractivity contribution < 1.29 is 42.1 Å². The average molecular weight is 560 g/mol. The topological polar surface area (TPSA) is 97.9 Å². The molecule has 1 saturated heterocycles. The predicted octanol–water partition coefficient (Wildman–Crippen LogP) is 4.80. The molecule has 0 amide bonds. The zero-order valence-electron chi connectivity index (χ0n) is 22.8. The third-order valence-electron chi connectivity index (χ3n) is 10.9. The number of halogens is 3. The van der Waals surface area contributed by atoms with E-state index in [1.807, 2.05) is 31.2 Å². The van der Waals surface area contributed by atoms with Gasteiger partial charge in [0.1, 0.15) is 23.7 Å². The summed E-state index contributed by atoms with van der Waals surface area (Å²) in [6, 6.07) is 7.92. The van der Waals surface area contributed by atoms with Gasteiger partial charge in [0.15, 0.2) is 17.7 Å². The third kappa shape index (κ3) is 3.02. The van der Waals surface area contributed by atoms with Crippen LogP contribution < -0.4 is 0 Å². The molecule has 2 N–H and O–H groups in total. The first-order chi connectivity index (χ1) is 18.6. The molecule has 7 nitrogen and oxygen atoms in total. The van der Waals surface area contributed by atoms with Crippen LogP contribution in [0.2, 0.25) is 0 Å². The van der Waals surface area contributed by atoms with Gasteiger partial charge in [-0.1, -0.05) is 32.0 Å². The van der Waals surface area contributed by atoms with Crippen LogP contribution in [0.5, 0.6) is 0 Å². The number of ether oxygens (including phenoxy) is 3. The molecule has 1 aromatic heterocycles. The lowest BCUT2D eigenvalue weighted by Gasteiger charge is -2.67. The molecule has 2 saturated carbocycles. The number of nitrogens with one attached hydrogen (secondary N) is 1. The number of para-hydroxylation sites is 1. The van der Waals surface area contributed by atoms with Crippen molar-refractivity contribution in [1.29, 1.82) is 0 Å². The van der Waals surface area contributed by atoms with Crippen LogP contribution in [0.25, 0.3) is 10.9 Å². The maximum Gasteiger partial charge on any atom is 0.399 e. The largest absolute Gasteiger partial charge is 0.459 e.